The van der Waals surface area contributed by atoms with E-state index in [-0.39, 0.29) is 0 Å². The molecule has 0 aliphatic carbocycles. The molecular formula is C9H11N5. The Morgan fingerprint density at radius 3 is 3.07 bits per heavy atom. The number of nitrogens with zero attached hydrogens (tertiary/aromatic N) is 3. The molecule has 0 bridgehead atoms. The largest absolute Gasteiger partial charge is 0.353 e. The smallest absolute Gasteiger partial charge is 0.242 e. The van der Waals surface area contributed by atoms with E-state index in [0.717, 1.165) is 12.2 Å². The van der Waals surface area contributed by atoms with E-state index in [1.807, 2.05) is 25.1 Å². The Labute approximate surface area is 81.6 Å². The average molecular weight is 189 g/mol. The van der Waals surface area contributed by atoms with E-state index in [1.165, 1.54) is 0 Å². The number of hydrogen-bond acceptors (Lipinski definition) is 4. The monoisotopic (exact) mass is 189 g/mol. The van der Waals surface area contributed by atoms with Crippen LogP contribution in [0.5, 0.6) is 0 Å². The summed E-state index contributed by atoms with van der Waals surface area (Å²) in [6, 6.07) is 5.67. The summed E-state index contributed by atoms with van der Waals surface area (Å²) in [6.07, 6.45) is 1.73. The van der Waals surface area contributed by atoms with Gasteiger partial charge in [-0.25, -0.2) is 0 Å². The Balaban J connectivity index is 2.25. The number of anilines is 1. The van der Waals surface area contributed by atoms with Crippen molar-refractivity contribution in [2.24, 2.45) is 0 Å². The van der Waals surface area contributed by atoms with E-state index in [0.29, 0.717) is 11.8 Å². The van der Waals surface area contributed by atoms with Gasteiger partial charge in [-0.05, 0) is 19.1 Å². The molecule has 14 heavy (non-hydrogen) atoms. The number of rotatable bonds is 3. The summed E-state index contributed by atoms with van der Waals surface area (Å²) >= 11 is 0. The molecule has 5 nitrogen and oxygen atoms in total. The molecule has 2 heterocycles. The van der Waals surface area contributed by atoms with Crippen LogP contribution in [0.4, 0.5) is 5.95 Å². The quantitative estimate of drug-likeness (QED) is 0.763. The van der Waals surface area contributed by atoms with Crippen LogP contribution in [0, 0.1) is 0 Å². The molecule has 0 saturated heterocycles. The lowest BCUT2D eigenvalue weighted by Crippen LogP contribution is -1.97. The van der Waals surface area contributed by atoms with Crippen LogP contribution in [0.15, 0.2) is 24.4 Å². The zero-order chi connectivity index (χ0) is 9.80. The van der Waals surface area contributed by atoms with Crippen LogP contribution in [0.3, 0.4) is 0 Å². The van der Waals surface area contributed by atoms with E-state index in [4.69, 9.17) is 0 Å². The lowest BCUT2D eigenvalue weighted by molar-refractivity contribution is 1.06. The van der Waals surface area contributed by atoms with E-state index in [1.54, 1.807) is 6.20 Å². The van der Waals surface area contributed by atoms with Gasteiger partial charge in [-0.15, -0.1) is 5.10 Å². The number of pyridine rings is 1. The predicted molar refractivity (Wildman–Crippen MR) is 53.8 cm³/mol. The minimum Gasteiger partial charge on any atom is -0.353 e. The fourth-order valence-corrected chi connectivity index (χ4v) is 1.12. The molecule has 0 aromatic carbocycles. The third-order valence-electron chi connectivity index (χ3n) is 1.73. The molecule has 0 aliphatic heterocycles. The molecular weight excluding hydrogens is 178 g/mol. The van der Waals surface area contributed by atoms with Crippen LogP contribution in [-0.2, 0) is 0 Å². The first-order valence-electron chi connectivity index (χ1n) is 4.48. The van der Waals surface area contributed by atoms with E-state index in [2.05, 4.69) is 25.5 Å². The van der Waals surface area contributed by atoms with Crippen molar-refractivity contribution in [2.75, 3.05) is 11.9 Å². The van der Waals surface area contributed by atoms with Gasteiger partial charge in [-0.2, -0.15) is 4.98 Å². The topological polar surface area (TPSA) is 66.5 Å². The first kappa shape index (κ1) is 8.68. The van der Waals surface area contributed by atoms with E-state index in [9.17, 15) is 0 Å². The number of hydrogen-bond donors (Lipinski definition) is 2. The number of H-pyrrole nitrogens is 1. The second kappa shape index (κ2) is 3.87. The molecule has 72 valence electrons. The first-order chi connectivity index (χ1) is 6.90. The van der Waals surface area contributed by atoms with Crippen LogP contribution in [0.2, 0.25) is 0 Å². The van der Waals surface area contributed by atoms with Gasteiger partial charge in [-0.3, -0.25) is 10.1 Å². The second-order valence-electron chi connectivity index (χ2n) is 2.75. The van der Waals surface area contributed by atoms with Gasteiger partial charge in [0.1, 0.15) is 5.69 Å². The summed E-state index contributed by atoms with van der Waals surface area (Å²) < 4.78 is 0. The van der Waals surface area contributed by atoms with Gasteiger partial charge in [0.25, 0.3) is 0 Å². The molecule has 0 fully saturated rings. The van der Waals surface area contributed by atoms with E-state index >= 15 is 0 Å². The Hall–Kier alpha value is -1.91. The second-order valence-corrected chi connectivity index (χ2v) is 2.75. The molecule has 0 unspecified atom stereocenters. The molecule has 0 radical (unpaired) electrons. The molecule has 0 amide bonds. The molecule has 0 spiro atoms. The average Bonchev–Trinajstić information content (AvgIpc) is 2.68. The minimum absolute atomic E-state index is 0.605. The van der Waals surface area contributed by atoms with Crippen molar-refractivity contribution in [3.05, 3.63) is 24.4 Å². The fraction of sp³-hybridized carbons (Fsp3) is 0.222. The molecule has 2 N–H and O–H groups in total. The van der Waals surface area contributed by atoms with Crippen molar-refractivity contribution in [1.82, 2.24) is 20.2 Å². The van der Waals surface area contributed by atoms with Crippen LogP contribution in [0.1, 0.15) is 6.92 Å². The number of nitrogens with one attached hydrogen (secondary N) is 2. The molecule has 0 aliphatic rings. The maximum atomic E-state index is 4.23. The third kappa shape index (κ3) is 1.71. The highest BCUT2D eigenvalue weighted by Crippen LogP contribution is 2.11. The molecule has 5 heteroatoms. The van der Waals surface area contributed by atoms with Gasteiger partial charge < -0.3 is 5.32 Å². The minimum atomic E-state index is 0.605. The Morgan fingerprint density at radius 2 is 2.36 bits per heavy atom. The van der Waals surface area contributed by atoms with Crippen LogP contribution >= 0.6 is 0 Å². The van der Waals surface area contributed by atoms with Gasteiger partial charge >= 0.3 is 0 Å². The van der Waals surface area contributed by atoms with Crippen molar-refractivity contribution in [3.8, 4) is 11.5 Å². The summed E-state index contributed by atoms with van der Waals surface area (Å²) in [5.74, 6) is 1.29. The molecule has 0 atom stereocenters. The highest BCUT2D eigenvalue weighted by molar-refractivity contribution is 5.49. The van der Waals surface area contributed by atoms with Crippen molar-refractivity contribution in [1.29, 1.82) is 0 Å². The van der Waals surface area contributed by atoms with Gasteiger partial charge in [0.05, 0.1) is 0 Å². The maximum absolute atomic E-state index is 4.23. The number of aromatic nitrogens is 4. The van der Waals surface area contributed by atoms with Crippen LogP contribution < -0.4 is 5.32 Å². The summed E-state index contributed by atoms with van der Waals surface area (Å²) in [5, 5.41) is 9.83. The van der Waals surface area contributed by atoms with Gasteiger partial charge in [-0.1, -0.05) is 6.07 Å². The SMILES string of the molecule is CCNc1n[nH]c(-c2ccccn2)n1. The van der Waals surface area contributed by atoms with Gasteiger partial charge in [0.2, 0.25) is 5.95 Å². The highest BCUT2D eigenvalue weighted by atomic mass is 15.3. The van der Waals surface area contributed by atoms with Crippen molar-refractivity contribution < 1.29 is 0 Å². The standard InChI is InChI=1S/C9H11N5/c1-2-10-9-12-8(13-14-9)7-5-3-4-6-11-7/h3-6H,2H2,1H3,(H2,10,12,13,14). The van der Waals surface area contributed by atoms with Crippen LogP contribution in [-0.4, -0.2) is 26.7 Å². The van der Waals surface area contributed by atoms with Crippen molar-refractivity contribution in [3.63, 3.8) is 0 Å². The van der Waals surface area contributed by atoms with Crippen molar-refractivity contribution in [2.45, 2.75) is 6.92 Å². The summed E-state index contributed by atoms with van der Waals surface area (Å²) in [4.78, 5) is 8.39. The Bertz CT molecular complexity index is 395. The summed E-state index contributed by atoms with van der Waals surface area (Å²) in [7, 11) is 0. The fourth-order valence-electron chi connectivity index (χ4n) is 1.12. The molecule has 0 saturated carbocycles. The Kier molecular flexibility index (Phi) is 2.40. The first-order valence-corrected chi connectivity index (χ1v) is 4.48. The lowest BCUT2D eigenvalue weighted by Gasteiger charge is -1.93. The zero-order valence-corrected chi connectivity index (χ0v) is 7.86. The van der Waals surface area contributed by atoms with Crippen molar-refractivity contribution >= 4 is 5.95 Å². The Morgan fingerprint density at radius 1 is 1.43 bits per heavy atom. The molecule has 2 rings (SSSR count). The lowest BCUT2D eigenvalue weighted by atomic mass is 10.3. The summed E-state index contributed by atoms with van der Waals surface area (Å²) in [6.45, 7) is 2.80. The van der Waals surface area contributed by atoms with Gasteiger partial charge in [0, 0.05) is 12.7 Å². The zero-order valence-electron chi connectivity index (χ0n) is 7.86. The van der Waals surface area contributed by atoms with Crippen LogP contribution in [0.25, 0.3) is 11.5 Å². The normalized spacial score (nSPS) is 10.1. The van der Waals surface area contributed by atoms with E-state index < -0.39 is 0 Å². The maximum Gasteiger partial charge on any atom is 0.242 e. The van der Waals surface area contributed by atoms with Gasteiger partial charge in [0.15, 0.2) is 5.82 Å². The third-order valence-corrected chi connectivity index (χ3v) is 1.73. The molecule has 2 aromatic heterocycles. The number of aromatic amines is 1. The summed E-state index contributed by atoms with van der Waals surface area (Å²) in [5.41, 5.74) is 0.796. The molecule has 2 aromatic rings. The predicted octanol–water partition coefficient (Wildman–Crippen LogP) is 1.30. The highest BCUT2D eigenvalue weighted by Gasteiger charge is 2.04.